The van der Waals surface area contributed by atoms with Gasteiger partial charge in [-0.15, -0.1) is 11.6 Å². The van der Waals surface area contributed by atoms with Gasteiger partial charge in [0.1, 0.15) is 0 Å². The van der Waals surface area contributed by atoms with Crippen LogP contribution >= 0.6 is 39.1 Å². The van der Waals surface area contributed by atoms with E-state index >= 15 is 0 Å². The number of ether oxygens (including phenoxy) is 1. The lowest BCUT2D eigenvalue weighted by atomic mass is 9.94. The lowest BCUT2D eigenvalue weighted by molar-refractivity contribution is 0.0549. The first-order valence-electron chi connectivity index (χ1n) is 6.01. The van der Waals surface area contributed by atoms with E-state index in [1.165, 1.54) is 18.2 Å². The van der Waals surface area contributed by atoms with Crippen LogP contribution in [0.15, 0.2) is 27.6 Å². The van der Waals surface area contributed by atoms with Crippen LogP contribution in [-0.2, 0) is 14.8 Å². The number of alkyl halides is 1. The molecule has 0 unspecified atom stereocenters. The highest BCUT2D eigenvalue weighted by atomic mass is 79.9. The minimum Gasteiger partial charge on any atom is -0.381 e. The molecule has 0 amide bonds. The van der Waals surface area contributed by atoms with Crippen molar-refractivity contribution in [3.8, 4) is 0 Å². The lowest BCUT2D eigenvalue weighted by Crippen LogP contribution is -2.53. The van der Waals surface area contributed by atoms with E-state index in [4.69, 9.17) is 27.9 Å². The molecule has 4 nitrogen and oxygen atoms in total. The van der Waals surface area contributed by atoms with E-state index < -0.39 is 15.6 Å². The van der Waals surface area contributed by atoms with Crippen LogP contribution in [0.1, 0.15) is 12.8 Å². The molecule has 0 saturated carbocycles. The first kappa shape index (κ1) is 16.5. The summed E-state index contributed by atoms with van der Waals surface area (Å²) in [5, 5.41) is 0.460. The monoisotopic (exact) mass is 401 g/mol. The van der Waals surface area contributed by atoms with Crippen molar-refractivity contribution in [3.05, 3.63) is 27.7 Å². The van der Waals surface area contributed by atoms with Crippen molar-refractivity contribution in [3.63, 3.8) is 0 Å². The Labute approximate surface area is 137 Å². The van der Waals surface area contributed by atoms with E-state index in [0.29, 0.717) is 35.6 Å². The Hall–Kier alpha value is 0.150. The van der Waals surface area contributed by atoms with Crippen LogP contribution in [0.2, 0.25) is 5.02 Å². The van der Waals surface area contributed by atoms with Gasteiger partial charge in [-0.05, 0) is 47.0 Å². The van der Waals surface area contributed by atoms with Crippen LogP contribution in [0.25, 0.3) is 0 Å². The maximum atomic E-state index is 12.5. The Bertz CT molecular complexity index is 588. The molecule has 0 aromatic heterocycles. The van der Waals surface area contributed by atoms with Crippen molar-refractivity contribution in [1.82, 2.24) is 4.72 Å². The third kappa shape index (κ3) is 3.67. The lowest BCUT2D eigenvalue weighted by Gasteiger charge is -2.35. The van der Waals surface area contributed by atoms with E-state index in [2.05, 4.69) is 20.7 Å². The molecule has 8 heteroatoms. The maximum absolute atomic E-state index is 12.5. The zero-order valence-corrected chi connectivity index (χ0v) is 14.4. The molecule has 0 bridgehead atoms. The van der Waals surface area contributed by atoms with Crippen LogP contribution in [-0.4, -0.2) is 33.1 Å². The Morgan fingerprint density at radius 1 is 1.35 bits per heavy atom. The summed E-state index contributed by atoms with van der Waals surface area (Å²) < 4.78 is 33.4. The molecule has 2 rings (SSSR count). The molecule has 0 atom stereocenters. The van der Waals surface area contributed by atoms with E-state index in [9.17, 15) is 8.42 Å². The fraction of sp³-hybridized carbons (Fsp3) is 0.500. The van der Waals surface area contributed by atoms with Crippen molar-refractivity contribution < 1.29 is 13.2 Å². The van der Waals surface area contributed by atoms with Crippen LogP contribution in [0.5, 0.6) is 0 Å². The Kier molecular flexibility index (Phi) is 5.37. The molecule has 20 heavy (non-hydrogen) atoms. The normalized spacial score (nSPS) is 18.9. The van der Waals surface area contributed by atoms with Gasteiger partial charge in [0, 0.05) is 23.6 Å². The number of hydrogen-bond acceptors (Lipinski definition) is 3. The standard InChI is InChI=1S/C12H14BrCl2NO3S/c13-10-7-9(1-2-11(10)15)20(17,18)16-12(8-14)3-5-19-6-4-12/h1-2,7,16H,3-6,8H2. The molecule has 112 valence electrons. The van der Waals surface area contributed by atoms with Crippen LogP contribution in [0, 0.1) is 0 Å². The van der Waals surface area contributed by atoms with Gasteiger partial charge >= 0.3 is 0 Å². The van der Waals surface area contributed by atoms with E-state index in [0.717, 1.165) is 0 Å². The second-order valence-corrected chi connectivity index (χ2v) is 7.92. The zero-order chi connectivity index (χ0) is 14.8. The number of rotatable bonds is 4. The van der Waals surface area contributed by atoms with Crippen LogP contribution in [0.4, 0.5) is 0 Å². The summed E-state index contributed by atoms with van der Waals surface area (Å²) in [4.78, 5) is 0.157. The first-order chi connectivity index (χ1) is 9.38. The highest BCUT2D eigenvalue weighted by molar-refractivity contribution is 9.10. The van der Waals surface area contributed by atoms with E-state index in [1.54, 1.807) is 0 Å². The van der Waals surface area contributed by atoms with Gasteiger partial charge < -0.3 is 4.74 Å². The third-order valence-electron chi connectivity index (χ3n) is 3.26. The molecular weight excluding hydrogens is 389 g/mol. The van der Waals surface area contributed by atoms with Gasteiger partial charge in [0.2, 0.25) is 10.0 Å². The van der Waals surface area contributed by atoms with Crippen molar-refractivity contribution in [2.24, 2.45) is 0 Å². The van der Waals surface area contributed by atoms with Gasteiger partial charge in [0.05, 0.1) is 15.5 Å². The van der Waals surface area contributed by atoms with Gasteiger partial charge in [0.15, 0.2) is 0 Å². The van der Waals surface area contributed by atoms with Crippen molar-refractivity contribution >= 4 is 49.2 Å². The SMILES string of the molecule is O=S(=O)(NC1(CCl)CCOCC1)c1ccc(Cl)c(Br)c1. The fourth-order valence-electron chi connectivity index (χ4n) is 2.01. The molecular formula is C12H14BrCl2NO3S. The second kappa shape index (κ2) is 6.50. The Balaban J connectivity index is 2.27. The topological polar surface area (TPSA) is 55.4 Å². The summed E-state index contributed by atoms with van der Waals surface area (Å²) in [5.41, 5.74) is -0.648. The van der Waals surface area contributed by atoms with Crippen LogP contribution < -0.4 is 4.72 Å². The second-order valence-electron chi connectivity index (χ2n) is 4.71. The molecule has 0 radical (unpaired) electrons. The third-order valence-corrected chi connectivity index (χ3v) is 6.56. The Morgan fingerprint density at radius 3 is 2.55 bits per heavy atom. The predicted molar refractivity (Wildman–Crippen MR) is 83.0 cm³/mol. The molecule has 0 aliphatic carbocycles. The number of halogens is 3. The number of nitrogens with one attached hydrogen (secondary N) is 1. The van der Waals surface area contributed by atoms with E-state index in [-0.39, 0.29) is 10.8 Å². The average molecular weight is 403 g/mol. The predicted octanol–water partition coefficient (Wildman–Crippen LogP) is 3.17. The molecule has 1 N–H and O–H groups in total. The molecule has 1 heterocycles. The first-order valence-corrected chi connectivity index (χ1v) is 9.20. The number of benzene rings is 1. The number of hydrogen-bond donors (Lipinski definition) is 1. The molecule has 1 aromatic carbocycles. The number of sulfonamides is 1. The smallest absolute Gasteiger partial charge is 0.241 e. The fourth-order valence-corrected chi connectivity index (χ4v) is 4.56. The average Bonchev–Trinajstić information content (AvgIpc) is 2.42. The minimum atomic E-state index is -3.65. The summed E-state index contributed by atoms with van der Waals surface area (Å²) in [7, 11) is -3.65. The zero-order valence-electron chi connectivity index (χ0n) is 10.5. The Morgan fingerprint density at radius 2 is 2.00 bits per heavy atom. The molecule has 1 aromatic rings. The van der Waals surface area contributed by atoms with Crippen molar-refractivity contribution in [2.75, 3.05) is 19.1 Å². The maximum Gasteiger partial charge on any atom is 0.241 e. The summed E-state index contributed by atoms with van der Waals surface area (Å²) in [5.74, 6) is 0.213. The highest BCUT2D eigenvalue weighted by Gasteiger charge is 2.36. The highest BCUT2D eigenvalue weighted by Crippen LogP contribution is 2.28. The van der Waals surface area contributed by atoms with Crippen molar-refractivity contribution in [1.29, 1.82) is 0 Å². The summed E-state index contributed by atoms with van der Waals surface area (Å²) in [6.45, 7) is 0.999. The molecule has 1 fully saturated rings. The van der Waals surface area contributed by atoms with Gasteiger partial charge in [-0.3, -0.25) is 0 Å². The van der Waals surface area contributed by atoms with Gasteiger partial charge in [-0.2, -0.15) is 0 Å². The summed E-state index contributed by atoms with van der Waals surface area (Å²) in [6.07, 6.45) is 1.12. The molecule has 1 saturated heterocycles. The van der Waals surface area contributed by atoms with Gasteiger partial charge in [-0.25, -0.2) is 13.1 Å². The molecule has 1 aliphatic rings. The van der Waals surface area contributed by atoms with E-state index in [1.807, 2.05) is 0 Å². The largest absolute Gasteiger partial charge is 0.381 e. The quantitative estimate of drug-likeness (QED) is 0.787. The molecule has 0 spiro atoms. The van der Waals surface area contributed by atoms with Crippen LogP contribution in [0.3, 0.4) is 0 Å². The summed E-state index contributed by atoms with van der Waals surface area (Å²) in [6, 6.07) is 4.49. The van der Waals surface area contributed by atoms with Gasteiger partial charge in [-0.1, -0.05) is 11.6 Å². The van der Waals surface area contributed by atoms with Crippen molar-refractivity contribution in [2.45, 2.75) is 23.3 Å². The minimum absolute atomic E-state index is 0.157. The van der Waals surface area contributed by atoms with Gasteiger partial charge in [0.25, 0.3) is 0 Å². The molecule has 1 aliphatic heterocycles. The summed E-state index contributed by atoms with van der Waals surface area (Å²) >= 11 is 15.1.